The molecule has 2 aromatic rings. The summed E-state index contributed by atoms with van der Waals surface area (Å²) in [6, 6.07) is 14.0. The van der Waals surface area contributed by atoms with E-state index >= 15 is 0 Å². The van der Waals surface area contributed by atoms with Crippen LogP contribution in [0.4, 0.5) is 0 Å². The summed E-state index contributed by atoms with van der Waals surface area (Å²) in [5, 5.41) is 0. The van der Waals surface area contributed by atoms with Crippen molar-refractivity contribution in [3.05, 3.63) is 49.6 Å². The van der Waals surface area contributed by atoms with Gasteiger partial charge in [-0.05, 0) is 36.4 Å². The summed E-state index contributed by atoms with van der Waals surface area (Å²) < 4.78 is 18.5. The SMILES string of the molecule is COc1ccc([I+]c2c(OC)cccc2OC)cc1. The maximum atomic E-state index is 5.43. The van der Waals surface area contributed by atoms with Crippen LogP contribution < -0.4 is 35.4 Å². The summed E-state index contributed by atoms with van der Waals surface area (Å²) in [5.41, 5.74) is 0. The number of rotatable bonds is 5. The van der Waals surface area contributed by atoms with Crippen molar-refractivity contribution in [1.29, 1.82) is 0 Å². The molecule has 100 valence electrons. The lowest BCUT2D eigenvalue weighted by atomic mass is 10.3. The van der Waals surface area contributed by atoms with Gasteiger partial charge in [-0.15, -0.1) is 0 Å². The van der Waals surface area contributed by atoms with E-state index in [0.717, 1.165) is 20.8 Å². The van der Waals surface area contributed by atoms with Crippen LogP contribution >= 0.6 is 0 Å². The molecule has 0 heterocycles. The van der Waals surface area contributed by atoms with Crippen molar-refractivity contribution in [3.63, 3.8) is 0 Å². The lowest BCUT2D eigenvalue weighted by molar-refractivity contribution is -0.598. The van der Waals surface area contributed by atoms with E-state index in [-0.39, 0.29) is 21.2 Å². The van der Waals surface area contributed by atoms with Crippen LogP contribution in [-0.2, 0) is 0 Å². The zero-order chi connectivity index (χ0) is 13.7. The molecular weight excluding hydrogens is 355 g/mol. The first-order valence-corrected chi connectivity index (χ1v) is 7.94. The van der Waals surface area contributed by atoms with Crippen LogP contribution in [-0.4, -0.2) is 21.3 Å². The second-order valence-corrected chi connectivity index (χ2v) is 6.59. The maximum absolute atomic E-state index is 5.43. The van der Waals surface area contributed by atoms with E-state index in [4.69, 9.17) is 14.2 Å². The van der Waals surface area contributed by atoms with Gasteiger partial charge in [0.25, 0.3) is 3.57 Å². The van der Waals surface area contributed by atoms with Gasteiger partial charge in [0.1, 0.15) is 5.75 Å². The van der Waals surface area contributed by atoms with Crippen molar-refractivity contribution in [2.24, 2.45) is 0 Å². The zero-order valence-corrected chi connectivity index (χ0v) is 13.3. The first-order chi connectivity index (χ1) is 9.28. The van der Waals surface area contributed by atoms with Crippen molar-refractivity contribution < 1.29 is 35.4 Å². The topological polar surface area (TPSA) is 27.7 Å². The highest BCUT2D eigenvalue weighted by atomic mass is 127. The van der Waals surface area contributed by atoms with Gasteiger partial charge in [0, 0.05) is 0 Å². The number of ether oxygens (including phenoxy) is 3. The Morgan fingerprint density at radius 2 is 1.32 bits per heavy atom. The van der Waals surface area contributed by atoms with E-state index in [1.54, 1.807) is 21.3 Å². The molecule has 0 aliphatic carbocycles. The van der Waals surface area contributed by atoms with Crippen LogP contribution in [0.1, 0.15) is 0 Å². The van der Waals surface area contributed by atoms with Crippen molar-refractivity contribution in [1.82, 2.24) is 0 Å². The smallest absolute Gasteiger partial charge is 0.366 e. The molecule has 0 N–H and O–H groups in total. The molecule has 2 rings (SSSR count). The first kappa shape index (κ1) is 14.0. The molecule has 0 fully saturated rings. The van der Waals surface area contributed by atoms with Gasteiger partial charge >= 0.3 is 21.2 Å². The molecule has 0 atom stereocenters. The average Bonchev–Trinajstić information content (AvgIpc) is 2.48. The molecule has 0 saturated carbocycles. The highest BCUT2D eigenvalue weighted by molar-refractivity contribution is 5.32. The van der Waals surface area contributed by atoms with Crippen molar-refractivity contribution >= 4 is 0 Å². The Bertz CT molecular complexity index is 515. The number of hydrogen-bond acceptors (Lipinski definition) is 3. The molecule has 0 aliphatic heterocycles. The molecule has 0 radical (unpaired) electrons. The second-order valence-electron chi connectivity index (χ2n) is 3.73. The number of halogens is 1. The summed E-state index contributed by atoms with van der Waals surface area (Å²) in [6.07, 6.45) is 0. The van der Waals surface area contributed by atoms with Gasteiger partial charge in [-0.25, -0.2) is 0 Å². The van der Waals surface area contributed by atoms with Crippen LogP contribution in [0.15, 0.2) is 42.5 Å². The Morgan fingerprint density at radius 3 is 1.79 bits per heavy atom. The van der Waals surface area contributed by atoms with Crippen LogP contribution in [0.25, 0.3) is 0 Å². The quantitative estimate of drug-likeness (QED) is 0.684. The Labute approximate surface area is 123 Å². The second kappa shape index (κ2) is 6.65. The minimum absolute atomic E-state index is 0.351. The molecule has 0 unspecified atom stereocenters. The summed E-state index contributed by atoms with van der Waals surface area (Å²) in [5.74, 6) is 2.66. The molecule has 0 aliphatic rings. The lowest BCUT2D eigenvalue weighted by Gasteiger charge is -2.04. The van der Waals surface area contributed by atoms with Crippen LogP contribution in [0.3, 0.4) is 0 Å². The summed E-state index contributed by atoms with van der Waals surface area (Å²) in [7, 11) is 5.05. The van der Waals surface area contributed by atoms with Crippen LogP contribution in [0.2, 0.25) is 0 Å². The van der Waals surface area contributed by atoms with E-state index in [1.807, 2.05) is 30.3 Å². The third kappa shape index (κ3) is 3.32. The van der Waals surface area contributed by atoms with E-state index in [0.29, 0.717) is 0 Å². The molecule has 19 heavy (non-hydrogen) atoms. The third-order valence-electron chi connectivity index (χ3n) is 2.62. The van der Waals surface area contributed by atoms with Gasteiger partial charge in [-0.1, -0.05) is 6.07 Å². The van der Waals surface area contributed by atoms with Gasteiger partial charge in [-0.2, -0.15) is 0 Å². The van der Waals surface area contributed by atoms with Crippen LogP contribution in [0.5, 0.6) is 17.2 Å². The Morgan fingerprint density at radius 1 is 0.737 bits per heavy atom. The molecule has 0 aromatic heterocycles. The van der Waals surface area contributed by atoms with Crippen LogP contribution in [0, 0.1) is 7.14 Å². The Kier molecular flexibility index (Phi) is 4.90. The number of benzene rings is 2. The maximum Gasteiger partial charge on any atom is 0.366 e. The predicted octanol–water partition coefficient (Wildman–Crippen LogP) is -0.159. The predicted molar refractivity (Wildman–Crippen MR) is 69.9 cm³/mol. The van der Waals surface area contributed by atoms with Gasteiger partial charge < -0.3 is 14.2 Å². The molecular formula is C15H16IO3+. The largest absolute Gasteiger partial charge is 0.497 e. The molecule has 4 heteroatoms. The number of hydrogen-bond donors (Lipinski definition) is 0. The normalized spacial score (nSPS) is 10.1. The third-order valence-corrected chi connectivity index (χ3v) is 5.57. The Balaban J connectivity index is 2.30. The standard InChI is InChI=1S/C15H16IO3/c1-17-12-9-7-11(8-10-12)16-15-13(18-2)5-4-6-14(15)19-3/h4-10H,1-3H3/q+1. The average molecular weight is 371 g/mol. The highest BCUT2D eigenvalue weighted by Crippen LogP contribution is 2.19. The van der Waals surface area contributed by atoms with Crippen molar-refractivity contribution in [2.45, 2.75) is 0 Å². The summed E-state index contributed by atoms with van der Waals surface area (Å²) >= 11 is -0.351. The molecule has 0 bridgehead atoms. The molecule has 0 spiro atoms. The minimum Gasteiger partial charge on any atom is -0.497 e. The highest BCUT2D eigenvalue weighted by Gasteiger charge is 2.26. The van der Waals surface area contributed by atoms with E-state index < -0.39 is 0 Å². The zero-order valence-electron chi connectivity index (χ0n) is 11.1. The fourth-order valence-corrected chi connectivity index (χ4v) is 4.32. The van der Waals surface area contributed by atoms with Gasteiger partial charge in [-0.3, -0.25) is 0 Å². The fourth-order valence-electron chi connectivity index (χ4n) is 1.64. The Hall–Kier alpha value is -1.43. The minimum atomic E-state index is -0.351. The number of methoxy groups -OCH3 is 3. The van der Waals surface area contributed by atoms with Crippen molar-refractivity contribution in [2.75, 3.05) is 21.3 Å². The molecule has 0 amide bonds. The lowest BCUT2D eigenvalue weighted by Crippen LogP contribution is -3.61. The summed E-state index contributed by atoms with van der Waals surface area (Å²) in [6.45, 7) is 0. The van der Waals surface area contributed by atoms with E-state index in [2.05, 4.69) is 12.1 Å². The van der Waals surface area contributed by atoms with E-state index in [1.165, 1.54) is 3.57 Å². The first-order valence-electron chi connectivity index (χ1n) is 5.78. The van der Waals surface area contributed by atoms with Gasteiger partial charge in [0.2, 0.25) is 0 Å². The molecule has 0 saturated heterocycles. The molecule has 2 aromatic carbocycles. The van der Waals surface area contributed by atoms with Gasteiger partial charge in [0.05, 0.1) is 21.3 Å². The fraction of sp³-hybridized carbons (Fsp3) is 0.200. The van der Waals surface area contributed by atoms with Gasteiger partial charge in [0.15, 0.2) is 15.1 Å². The molecule has 3 nitrogen and oxygen atoms in total. The van der Waals surface area contributed by atoms with Crippen molar-refractivity contribution in [3.8, 4) is 17.2 Å². The summed E-state index contributed by atoms with van der Waals surface area (Å²) in [4.78, 5) is 0. The van der Waals surface area contributed by atoms with E-state index in [9.17, 15) is 0 Å². The monoisotopic (exact) mass is 371 g/mol.